The van der Waals surface area contributed by atoms with Gasteiger partial charge >= 0.3 is 6.03 Å². The highest BCUT2D eigenvalue weighted by molar-refractivity contribution is 5.74. The van der Waals surface area contributed by atoms with Gasteiger partial charge in [0.05, 0.1) is 12.3 Å². The summed E-state index contributed by atoms with van der Waals surface area (Å²) in [5.41, 5.74) is 0.936. The molecule has 0 radical (unpaired) electrons. The lowest BCUT2D eigenvalue weighted by molar-refractivity contribution is 0.103. The first-order valence-electron chi connectivity index (χ1n) is 8.78. The average Bonchev–Trinajstić information content (AvgIpc) is 3.12. The lowest BCUT2D eigenvalue weighted by Gasteiger charge is -2.21. The van der Waals surface area contributed by atoms with Crippen molar-refractivity contribution < 1.29 is 14.3 Å². The van der Waals surface area contributed by atoms with E-state index in [0.29, 0.717) is 11.7 Å². The number of aliphatic hydroxyl groups excluding tert-OH is 1. The van der Waals surface area contributed by atoms with Crippen LogP contribution in [0.3, 0.4) is 0 Å². The number of rotatable bonds is 8. The quantitative estimate of drug-likeness (QED) is 0.683. The van der Waals surface area contributed by atoms with Crippen molar-refractivity contribution in [3.63, 3.8) is 0 Å². The van der Waals surface area contributed by atoms with Crippen molar-refractivity contribution in [2.45, 2.75) is 45.8 Å². The minimum Gasteiger partial charge on any atom is -0.438 e. The highest BCUT2D eigenvalue weighted by atomic mass is 16.4. The number of oxazole rings is 1. The summed E-state index contributed by atoms with van der Waals surface area (Å²) in [4.78, 5) is 16.2. The number of hydrogen-bond donors (Lipinski definition) is 3. The number of nitrogens with zero attached hydrogens (tertiary/aromatic N) is 1. The standard InChI is InChI=1S/C19H27N3O3/c1-4-14(5-2)16(23)11-21-19(24)22-13(3)18-20-12-17(25-18)15-9-7-6-8-10-15/h6-10,12-14,16,23H,4-5,11H2,1-3H3,(H2,21,22,24). The lowest BCUT2D eigenvalue weighted by Crippen LogP contribution is -2.42. The largest absolute Gasteiger partial charge is 0.438 e. The van der Waals surface area contributed by atoms with Crippen LogP contribution in [0.4, 0.5) is 4.79 Å². The first-order chi connectivity index (χ1) is 12.0. The van der Waals surface area contributed by atoms with Crippen molar-refractivity contribution in [2.24, 2.45) is 5.92 Å². The van der Waals surface area contributed by atoms with Gasteiger partial charge in [-0.1, -0.05) is 57.0 Å². The van der Waals surface area contributed by atoms with Crippen molar-refractivity contribution in [1.29, 1.82) is 0 Å². The maximum absolute atomic E-state index is 12.0. The zero-order chi connectivity index (χ0) is 18.2. The zero-order valence-electron chi connectivity index (χ0n) is 15.0. The molecule has 136 valence electrons. The van der Waals surface area contributed by atoms with Crippen LogP contribution >= 0.6 is 0 Å². The number of aromatic nitrogens is 1. The second kappa shape index (κ2) is 9.22. The monoisotopic (exact) mass is 345 g/mol. The molecule has 2 unspecified atom stereocenters. The summed E-state index contributed by atoms with van der Waals surface area (Å²) in [5, 5.41) is 15.5. The Balaban J connectivity index is 1.86. The Bertz CT molecular complexity index is 653. The fraction of sp³-hybridized carbons (Fsp3) is 0.474. The third kappa shape index (κ3) is 5.32. The summed E-state index contributed by atoms with van der Waals surface area (Å²) in [6.45, 7) is 6.10. The Morgan fingerprint density at radius 2 is 1.92 bits per heavy atom. The number of carbonyl (C=O) groups is 1. The second-order valence-corrected chi connectivity index (χ2v) is 6.15. The number of aliphatic hydroxyl groups is 1. The molecule has 3 N–H and O–H groups in total. The normalized spacial score (nSPS) is 13.5. The molecule has 0 aliphatic carbocycles. The van der Waals surface area contributed by atoms with Crippen LogP contribution in [0.15, 0.2) is 40.9 Å². The highest BCUT2D eigenvalue weighted by Gasteiger charge is 2.18. The van der Waals surface area contributed by atoms with Crippen LogP contribution in [0, 0.1) is 5.92 Å². The van der Waals surface area contributed by atoms with Gasteiger partial charge in [-0.05, 0) is 12.8 Å². The topological polar surface area (TPSA) is 87.4 Å². The predicted molar refractivity (Wildman–Crippen MR) is 97.0 cm³/mol. The van der Waals surface area contributed by atoms with E-state index in [0.717, 1.165) is 18.4 Å². The molecule has 2 amide bonds. The van der Waals surface area contributed by atoms with E-state index in [1.54, 1.807) is 13.1 Å². The van der Waals surface area contributed by atoms with Crippen LogP contribution in [0.25, 0.3) is 11.3 Å². The number of nitrogens with one attached hydrogen (secondary N) is 2. The van der Waals surface area contributed by atoms with Gasteiger partial charge in [-0.25, -0.2) is 9.78 Å². The number of amides is 2. The van der Waals surface area contributed by atoms with Gasteiger partial charge in [-0.15, -0.1) is 0 Å². The highest BCUT2D eigenvalue weighted by Crippen LogP contribution is 2.22. The molecule has 0 saturated heterocycles. The van der Waals surface area contributed by atoms with Crippen LogP contribution < -0.4 is 10.6 Å². The van der Waals surface area contributed by atoms with Gasteiger partial charge in [0.2, 0.25) is 5.89 Å². The van der Waals surface area contributed by atoms with E-state index in [-0.39, 0.29) is 24.5 Å². The van der Waals surface area contributed by atoms with E-state index >= 15 is 0 Å². The van der Waals surface area contributed by atoms with Crippen LogP contribution in [0.2, 0.25) is 0 Å². The van der Waals surface area contributed by atoms with Gasteiger partial charge in [0.15, 0.2) is 5.76 Å². The number of carbonyl (C=O) groups excluding carboxylic acids is 1. The van der Waals surface area contributed by atoms with Gasteiger partial charge in [-0.2, -0.15) is 0 Å². The van der Waals surface area contributed by atoms with E-state index in [1.165, 1.54) is 0 Å². The first kappa shape index (κ1) is 19.0. The molecular weight excluding hydrogens is 318 g/mol. The molecule has 1 aromatic heterocycles. The number of hydrogen-bond acceptors (Lipinski definition) is 4. The van der Waals surface area contributed by atoms with Gasteiger partial charge in [0.25, 0.3) is 0 Å². The fourth-order valence-electron chi connectivity index (χ4n) is 2.73. The van der Waals surface area contributed by atoms with Crippen molar-refractivity contribution >= 4 is 6.03 Å². The summed E-state index contributed by atoms with van der Waals surface area (Å²) >= 11 is 0. The maximum Gasteiger partial charge on any atom is 0.315 e. The van der Waals surface area contributed by atoms with Crippen LogP contribution in [-0.2, 0) is 0 Å². The van der Waals surface area contributed by atoms with E-state index in [4.69, 9.17) is 4.42 Å². The Labute approximate surface area is 148 Å². The third-order valence-corrected chi connectivity index (χ3v) is 4.36. The number of urea groups is 1. The lowest BCUT2D eigenvalue weighted by atomic mass is 9.97. The molecule has 0 aliphatic heterocycles. The summed E-state index contributed by atoms with van der Waals surface area (Å²) in [5.74, 6) is 1.29. The van der Waals surface area contributed by atoms with Crippen molar-refractivity contribution in [3.05, 3.63) is 42.4 Å². The molecule has 6 heteroatoms. The van der Waals surface area contributed by atoms with E-state index in [9.17, 15) is 9.90 Å². The summed E-state index contributed by atoms with van der Waals surface area (Å²) < 4.78 is 5.73. The number of benzene rings is 1. The fourth-order valence-corrected chi connectivity index (χ4v) is 2.73. The average molecular weight is 345 g/mol. The molecule has 0 fully saturated rings. The van der Waals surface area contributed by atoms with Gasteiger partial charge in [0, 0.05) is 12.1 Å². The SMILES string of the molecule is CCC(CC)C(O)CNC(=O)NC(C)c1ncc(-c2ccccc2)o1. The first-order valence-corrected chi connectivity index (χ1v) is 8.78. The molecule has 2 atom stereocenters. The second-order valence-electron chi connectivity index (χ2n) is 6.15. The smallest absolute Gasteiger partial charge is 0.315 e. The molecule has 2 rings (SSSR count). The van der Waals surface area contributed by atoms with Crippen molar-refractivity contribution in [1.82, 2.24) is 15.6 Å². The molecule has 2 aromatic rings. The molecule has 0 spiro atoms. The van der Waals surface area contributed by atoms with Crippen LogP contribution in [0.5, 0.6) is 0 Å². The van der Waals surface area contributed by atoms with Crippen LogP contribution in [-0.4, -0.2) is 28.8 Å². The molecular formula is C19H27N3O3. The molecule has 25 heavy (non-hydrogen) atoms. The molecule has 1 aromatic carbocycles. The summed E-state index contributed by atoms with van der Waals surface area (Å²) in [7, 11) is 0. The Kier molecular flexibility index (Phi) is 7.01. The van der Waals surface area contributed by atoms with E-state index < -0.39 is 6.10 Å². The zero-order valence-corrected chi connectivity index (χ0v) is 15.0. The Hall–Kier alpha value is -2.34. The van der Waals surface area contributed by atoms with Gasteiger partial charge < -0.3 is 20.2 Å². The Morgan fingerprint density at radius 3 is 2.56 bits per heavy atom. The minimum atomic E-state index is -0.539. The maximum atomic E-state index is 12.0. The predicted octanol–water partition coefficient (Wildman–Crippen LogP) is 3.50. The minimum absolute atomic E-state index is 0.192. The van der Waals surface area contributed by atoms with E-state index in [1.807, 2.05) is 44.2 Å². The molecule has 0 aliphatic rings. The molecule has 0 saturated carbocycles. The van der Waals surface area contributed by atoms with Gasteiger partial charge in [0.1, 0.15) is 6.04 Å². The third-order valence-electron chi connectivity index (χ3n) is 4.36. The van der Waals surface area contributed by atoms with E-state index in [2.05, 4.69) is 15.6 Å². The molecule has 1 heterocycles. The molecule has 6 nitrogen and oxygen atoms in total. The van der Waals surface area contributed by atoms with Crippen molar-refractivity contribution in [2.75, 3.05) is 6.54 Å². The van der Waals surface area contributed by atoms with Gasteiger partial charge in [-0.3, -0.25) is 0 Å². The summed E-state index contributed by atoms with van der Waals surface area (Å²) in [6, 6.07) is 8.95. The Morgan fingerprint density at radius 1 is 1.24 bits per heavy atom. The summed E-state index contributed by atoms with van der Waals surface area (Å²) in [6.07, 6.45) is 2.88. The molecule has 0 bridgehead atoms. The van der Waals surface area contributed by atoms with Crippen LogP contribution in [0.1, 0.15) is 45.5 Å². The van der Waals surface area contributed by atoms with Crippen molar-refractivity contribution in [3.8, 4) is 11.3 Å².